The Bertz CT molecular complexity index is 636. The zero-order chi connectivity index (χ0) is 22.5. The molecule has 1 aromatic carbocycles. The van der Waals surface area contributed by atoms with Crippen LogP contribution in [0.2, 0.25) is 0 Å². The van der Waals surface area contributed by atoms with Gasteiger partial charge in [0.2, 0.25) is 0 Å². The molecule has 166 valence electrons. The highest BCUT2D eigenvalue weighted by Gasteiger charge is 2.14. The summed E-state index contributed by atoms with van der Waals surface area (Å²) in [4.78, 5) is 0. The molecule has 0 spiro atoms. The number of thiocarbonyl (C=S) groups is 4. The maximum Gasteiger partial charge on any atom is 0.104 e. The molecule has 0 atom stereocenters. The molecule has 0 saturated heterocycles. The molecule has 1 rings (SSSR count). The molecule has 0 nitrogen and oxygen atoms in total. The van der Waals surface area contributed by atoms with Gasteiger partial charge in [0.05, 0.1) is 0 Å². The van der Waals surface area contributed by atoms with Crippen LogP contribution >= 0.6 is 143 Å². The van der Waals surface area contributed by atoms with Crippen LogP contribution in [-0.4, -0.2) is 39.1 Å². The summed E-state index contributed by atoms with van der Waals surface area (Å²) >= 11 is 35.1. The topological polar surface area (TPSA) is 0 Å². The van der Waals surface area contributed by atoms with Gasteiger partial charge in [0.15, 0.2) is 0 Å². The minimum absolute atomic E-state index is 0.878. The van der Waals surface area contributed by atoms with Gasteiger partial charge in [-0.2, -0.15) is 0 Å². The number of hydrogen-bond donors (Lipinski definition) is 0. The van der Waals surface area contributed by atoms with E-state index in [2.05, 4.69) is 12.1 Å². The van der Waals surface area contributed by atoms with E-state index in [9.17, 15) is 0 Å². The van der Waals surface area contributed by atoms with Crippen molar-refractivity contribution >= 4 is 157 Å². The molecule has 0 aliphatic carbocycles. The second-order valence-electron chi connectivity index (χ2n) is 5.36. The van der Waals surface area contributed by atoms with E-state index in [1.54, 1.807) is 94.1 Å². The third-order valence-electron chi connectivity index (χ3n) is 3.57. The van der Waals surface area contributed by atoms with Gasteiger partial charge in [0.25, 0.3) is 0 Å². The van der Waals surface area contributed by atoms with E-state index < -0.39 is 0 Å². The summed E-state index contributed by atoms with van der Waals surface area (Å²) in [5.74, 6) is 3.51. The lowest BCUT2D eigenvalue weighted by Gasteiger charge is -2.17. The zero-order valence-electron chi connectivity index (χ0n) is 16.9. The fourth-order valence-corrected chi connectivity index (χ4v) is 7.58. The van der Waals surface area contributed by atoms with Gasteiger partial charge in [-0.3, -0.25) is 0 Å². The van der Waals surface area contributed by atoms with Gasteiger partial charge < -0.3 is 0 Å². The van der Waals surface area contributed by atoms with Gasteiger partial charge in [-0.25, -0.2) is 0 Å². The van der Waals surface area contributed by atoms with Crippen molar-refractivity contribution in [1.29, 1.82) is 0 Å². The lowest BCUT2D eigenvalue weighted by molar-refractivity contribution is 1.19. The van der Waals surface area contributed by atoms with Gasteiger partial charge in [-0.05, 0) is 47.3 Å². The molecule has 0 N–H and O–H groups in total. The Hall–Kier alpha value is 2.38. The Balaban J connectivity index is 3.23. The average Bonchev–Trinajstić information content (AvgIpc) is 2.77. The lowest BCUT2D eigenvalue weighted by atomic mass is 10.0. The van der Waals surface area contributed by atoms with Crippen LogP contribution in [0.1, 0.15) is 22.3 Å². The Morgan fingerprint density at radius 2 is 0.700 bits per heavy atom. The maximum absolute atomic E-state index is 5.42. The third kappa shape index (κ3) is 12.2. The fraction of sp³-hybridized carbons (Fsp3) is 0.444. The van der Waals surface area contributed by atoms with E-state index >= 15 is 0 Å². The highest BCUT2D eigenvalue weighted by molar-refractivity contribution is 8.48. The Morgan fingerprint density at radius 1 is 0.500 bits per heavy atom. The molecule has 0 aliphatic heterocycles. The smallest absolute Gasteiger partial charge is 0.104 e. The molecule has 0 aliphatic rings. The zero-order valence-corrected chi connectivity index (χ0v) is 26.7. The Labute approximate surface area is 236 Å². The highest BCUT2D eigenvalue weighted by atomic mass is 32.2. The van der Waals surface area contributed by atoms with Crippen LogP contribution in [0.5, 0.6) is 0 Å². The van der Waals surface area contributed by atoms with E-state index in [1.807, 2.05) is 25.0 Å². The summed E-state index contributed by atoms with van der Waals surface area (Å²) in [7, 11) is 0. The molecule has 0 aromatic heterocycles. The summed E-state index contributed by atoms with van der Waals surface area (Å²) < 4.78 is 3.88. The Kier molecular flexibility index (Phi) is 18.0. The SMILES string of the molecule is CSC(=S)SCc1cc(CSC(=S)SC)c(CSC(=S)SC)cc1CSC(=S)SC. The first-order valence-electron chi connectivity index (χ1n) is 8.31. The van der Waals surface area contributed by atoms with Crippen LogP contribution in [0, 0.1) is 0 Å². The van der Waals surface area contributed by atoms with Crippen molar-refractivity contribution in [3.8, 4) is 0 Å². The molecule has 0 fully saturated rings. The van der Waals surface area contributed by atoms with E-state index in [1.165, 1.54) is 22.3 Å². The first-order valence-corrected chi connectivity index (χ1v) is 18.8. The van der Waals surface area contributed by atoms with Crippen LogP contribution in [0.15, 0.2) is 12.1 Å². The Morgan fingerprint density at radius 3 is 0.867 bits per heavy atom. The molecule has 30 heavy (non-hydrogen) atoms. The minimum atomic E-state index is 0.878. The largest absolute Gasteiger partial charge is 0.111 e. The van der Waals surface area contributed by atoms with Crippen molar-refractivity contribution in [2.75, 3.05) is 25.0 Å². The van der Waals surface area contributed by atoms with Crippen molar-refractivity contribution in [1.82, 2.24) is 0 Å². The van der Waals surface area contributed by atoms with E-state index in [4.69, 9.17) is 48.9 Å². The molecule has 1 aromatic rings. The van der Waals surface area contributed by atoms with Gasteiger partial charge in [-0.15, -0.1) is 94.1 Å². The summed E-state index contributed by atoms with van der Waals surface area (Å²) in [6, 6.07) is 4.70. The highest BCUT2D eigenvalue weighted by Crippen LogP contribution is 2.33. The molecule has 0 unspecified atom stereocenters. The van der Waals surface area contributed by atoms with Crippen LogP contribution in [0.25, 0.3) is 0 Å². The fourth-order valence-electron chi connectivity index (χ4n) is 2.11. The standard InChI is InChI=1S/C18H22S12/c1-23-15(19)27-7-11-5-13(9-29-17(21)25-3)14(10-30-18(22)26-4)6-12(11)8-28-16(20)24-2/h5-6H,7-10H2,1-4H3. The first kappa shape index (κ1) is 30.4. The molecule has 12 heteroatoms. The number of benzene rings is 1. The number of thioether (sulfide) groups is 8. The normalized spacial score (nSPS) is 10.8. The van der Waals surface area contributed by atoms with Gasteiger partial charge in [0.1, 0.15) is 14.1 Å². The van der Waals surface area contributed by atoms with Gasteiger partial charge >= 0.3 is 0 Å². The quantitative estimate of drug-likeness (QED) is 0.254. The lowest BCUT2D eigenvalue weighted by Crippen LogP contribution is -2.01. The predicted molar refractivity (Wildman–Crippen MR) is 176 cm³/mol. The van der Waals surface area contributed by atoms with Crippen molar-refractivity contribution in [2.24, 2.45) is 0 Å². The van der Waals surface area contributed by atoms with Crippen LogP contribution in [-0.2, 0) is 23.0 Å². The summed E-state index contributed by atoms with van der Waals surface area (Å²) in [5.41, 5.74) is 5.33. The molecule has 0 amide bonds. The average molecular weight is 623 g/mol. The second-order valence-corrected chi connectivity index (χ2v) is 17.3. The maximum atomic E-state index is 5.42. The van der Waals surface area contributed by atoms with Crippen LogP contribution in [0.3, 0.4) is 0 Å². The minimum Gasteiger partial charge on any atom is -0.111 e. The van der Waals surface area contributed by atoms with E-state index in [0.717, 1.165) is 37.1 Å². The second kappa shape index (κ2) is 17.8. The van der Waals surface area contributed by atoms with Crippen molar-refractivity contribution in [3.05, 3.63) is 34.4 Å². The molecule has 0 heterocycles. The van der Waals surface area contributed by atoms with Crippen molar-refractivity contribution < 1.29 is 0 Å². The molecular formula is C18H22S12. The van der Waals surface area contributed by atoms with Crippen LogP contribution in [0.4, 0.5) is 0 Å². The molecule has 0 radical (unpaired) electrons. The summed E-state index contributed by atoms with van der Waals surface area (Å²) in [6.07, 6.45) is 8.12. The van der Waals surface area contributed by atoms with E-state index in [0.29, 0.717) is 0 Å². The van der Waals surface area contributed by atoms with Crippen LogP contribution < -0.4 is 0 Å². The third-order valence-corrected chi connectivity index (χ3v) is 14.5. The number of rotatable bonds is 8. The predicted octanol–water partition coefficient (Wildman–Crippen LogP) is 9.21. The molecule has 0 saturated carbocycles. The van der Waals surface area contributed by atoms with Gasteiger partial charge in [0, 0.05) is 23.0 Å². The monoisotopic (exact) mass is 622 g/mol. The summed E-state index contributed by atoms with van der Waals surface area (Å²) in [6.45, 7) is 0. The summed E-state index contributed by atoms with van der Waals surface area (Å²) in [5, 5.41) is 0. The number of hydrogen-bond acceptors (Lipinski definition) is 12. The molecular weight excluding hydrogens is 601 g/mol. The molecule has 0 bridgehead atoms. The van der Waals surface area contributed by atoms with Gasteiger partial charge in [-0.1, -0.05) is 61.0 Å². The van der Waals surface area contributed by atoms with Crippen molar-refractivity contribution in [3.63, 3.8) is 0 Å². The first-order chi connectivity index (χ1) is 14.3. The van der Waals surface area contributed by atoms with Crippen molar-refractivity contribution in [2.45, 2.75) is 23.0 Å². The van der Waals surface area contributed by atoms with E-state index in [-0.39, 0.29) is 0 Å².